The number of benzene rings is 2. The van der Waals surface area contributed by atoms with E-state index in [9.17, 15) is 22.8 Å². The van der Waals surface area contributed by atoms with Crippen LogP contribution in [0.5, 0.6) is 0 Å². The van der Waals surface area contributed by atoms with Gasteiger partial charge in [0.25, 0.3) is 11.5 Å². The molecule has 0 spiro atoms. The number of nitrogens with zero attached hydrogens (tertiary/aromatic N) is 2. The largest absolute Gasteiger partial charge is 0.416 e. The lowest BCUT2D eigenvalue weighted by Crippen LogP contribution is -2.32. The number of rotatable bonds is 3. The second kappa shape index (κ2) is 7.27. The fraction of sp³-hybridized carbons (Fsp3) is 0.211. The maximum absolute atomic E-state index is 12.6. The van der Waals surface area contributed by atoms with Crippen LogP contribution in [0.1, 0.15) is 34.7 Å². The molecule has 5 nitrogen and oxygen atoms in total. The molecule has 3 rings (SSSR count). The van der Waals surface area contributed by atoms with Crippen LogP contribution in [0.15, 0.2) is 47.3 Å². The van der Waals surface area contributed by atoms with Crippen molar-refractivity contribution in [2.75, 3.05) is 0 Å². The van der Waals surface area contributed by atoms with E-state index < -0.39 is 23.7 Å². The second-order valence-corrected chi connectivity index (χ2v) is 6.70. The molecule has 0 aliphatic heterocycles. The summed E-state index contributed by atoms with van der Waals surface area (Å²) in [7, 11) is 1.53. The van der Waals surface area contributed by atoms with E-state index >= 15 is 0 Å². The van der Waals surface area contributed by atoms with Crippen LogP contribution in [-0.4, -0.2) is 15.5 Å². The highest BCUT2D eigenvalue weighted by molar-refractivity contribution is 6.31. The van der Waals surface area contributed by atoms with E-state index in [1.807, 2.05) is 0 Å². The summed E-state index contributed by atoms with van der Waals surface area (Å²) in [6.45, 7) is 1.63. The molecule has 1 aromatic heterocycles. The van der Waals surface area contributed by atoms with Crippen molar-refractivity contribution in [1.82, 2.24) is 14.9 Å². The normalized spacial score (nSPS) is 12.8. The van der Waals surface area contributed by atoms with Crippen LogP contribution in [0.3, 0.4) is 0 Å². The number of nitrogens with one attached hydrogen (secondary N) is 1. The zero-order chi connectivity index (χ0) is 20.6. The number of fused-ring (bicyclic) bond motifs is 1. The number of hydrogen-bond donors (Lipinski definition) is 1. The monoisotopic (exact) mass is 409 g/mol. The van der Waals surface area contributed by atoms with Crippen molar-refractivity contribution in [2.24, 2.45) is 7.05 Å². The summed E-state index contributed by atoms with van der Waals surface area (Å²) in [5, 5.41) is 3.45. The molecule has 1 atom stereocenters. The van der Waals surface area contributed by atoms with Crippen LogP contribution in [-0.2, 0) is 13.2 Å². The summed E-state index contributed by atoms with van der Waals surface area (Å²) in [5.74, 6) is -0.290. The highest BCUT2D eigenvalue weighted by Gasteiger charge is 2.30. The van der Waals surface area contributed by atoms with Crippen LogP contribution in [0.4, 0.5) is 13.2 Å². The summed E-state index contributed by atoms with van der Waals surface area (Å²) in [6, 6.07) is 7.90. The first kappa shape index (κ1) is 19.9. The molecule has 1 heterocycles. The van der Waals surface area contributed by atoms with Crippen molar-refractivity contribution in [3.05, 3.63) is 74.8 Å². The summed E-state index contributed by atoms with van der Waals surface area (Å²) in [5.41, 5.74) is -0.685. The highest BCUT2D eigenvalue weighted by atomic mass is 35.5. The van der Waals surface area contributed by atoms with Crippen LogP contribution < -0.4 is 10.9 Å². The van der Waals surface area contributed by atoms with Crippen molar-refractivity contribution in [3.8, 4) is 0 Å². The van der Waals surface area contributed by atoms with E-state index in [0.29, 0.717) is 21.7 Å². The van der Waals surface area contributed by atoms with Gasteiger partial charge in [-0.2, -0.15) is 13.2 Å². The van der Waals surface area contributed by atoms with Gasteiger partial charge in [-0.15, -0.1) is 0 Å². The molecule has 0 saturated carbocycles. The molecule has 0 saturated heterocycles. The number of carbonyl (C=O) groups is 1. The topological polar surface area (TPSA) is 64.0 Å². The maximum Gasteiger partial charge on any atom is 0.416 e. The van der Waals surface area contributed by atoms with Crippen molar-refractivity contribution >= 4 is 28.4 Å². The zero-order valence-electron chi connectivity index (χ0n) is 14.8. The van der Waals surface area contributed by atoms with Crippen molar-refractivity contribution < 1.29 is 18.0 Å². The number of carbonyl (C=O) groups excluding carboxylic acids is 1. The Balaban J connectivity index is 1.88. The summed E-state index contributed by atoms with van der Waals surface area (Å²) in [4.78, 5) is 29.3. The Bertz CT molecular complexity index is 1110. The lowest BCUT2D eigenvalue weighted by atomic mass is 10.1. The van der Waals surface area contributed by atoms with Gasteiger partial charge in [-0.05, 0) is 49.4 Å². The van der Waals surface area contributed by atoms with Crippen molar-refractivity contribution in [1.29, 1.82) is 0 Å². The van der Waals surface area contributed by atoms with Gasteiger partial charge in [0.15, 0.2) is 0 Å². The predicted molar refractivity (Wildman–Crippen MR) is 99.3 cm³/mol. The van der Waals surface area contributed by atoms with E-state index in [1.54, 1.807) is 25.1 Å². The van der Waals surface area contributed by atoms with Gasteiger partial charge in [0.1, 0.15) is 5.82 Å². The van der Waals surface area contributed by atoms with Gasteiger partial charge in [0.05, 0.1) is 22.5 Å². The molecule has 0 radical (unpaired) electrons. The summed E-state index contributed by atoms with van der Waals surface area (Å²) < 4.78 is 39.2. The predicted octanol–water partition coefficient (Wildman–Crippen LogP) is 4.10. The summed E-state index contributed by atoms with van der Waals surface area (Å²) in [6.07, 6.45) is -4.48. The molecule has 1 amide bonds. The summed E-state index contributed by atoms with van der Waals surface area (Å²) >= 11 is 5.95. The molecule has 0 aliphatic carbocycles. The Labute approximate surface area is 162 Å². The fourth-order valence-electron chi connectivity index (χ4n) is 2.80. The average molecular weight is 410 g/mol. The third kappa shape index (κ3) is 3.87. The Kier molecular flexibility index (Phi) is 5.16. The van der Waals surface area contributed by atoms with Gasteiger partial charge in [0.2, 0.25) is 0 Å². The molecule has 0 bridgehead atoms. The Morgan fingerprint density at radius 3 is 2.43 bits per heavy atom. The number of hydrogen-bond acceptors (Lipinski definition) is 3. The van der Waals surface area contributed by atoms with Gasteiger partial charge in [-0.1, -0.05) is 11.6 Å². The minimum absolute atomic E-state index is 0.0636. The quantitative estimate of drug-likeness (QED) is 0.708. The van der Waals surface area contributed by atoms with Gasteiger partial charge in [0, 0.05) is 17.6 Å². The van der Waals surface area contributed by atoms with E-state index in [-0.39, 0.29) is 11.1 Å². The zero-order valence-corrected chi connectivity index (χ0v) is 15.6. The van der Waals surface area contributed by atoms with E-state index in [1.165, 1.54) is 11.6 Å². The Morgan fingerprint density at radius 1 is 1.18 bits per heavy atom. The van der Waals surface area contributed by atoms with Crippen LogP contribution >= 0.6 is 11.6 Å². The molecular weight excluding hydrogens is 395 g/mol. The van der Waals surface area contributed by atoms with Crippen LogP contribution in [0.25, 0.3) is 10.9 Å². The molecule has 0 unspecified atom stereocenters. The number of aromatic nitrogens is 2. The first-order valence-electron chi connectivity index (χ1n) is 8.22. The smallest absolute Gasteiger partial charge is 0.342 e. The Hall–Kier alpha value is -2.87. The van der Waals surface area contributed by atoms with E-state index in [2.05, 4.69) is 10.3 Å². The third-order valence-corrected chi connectivity index (χ3v) is 4.52. The second-order valence-electron chi connectivity index (χ2n) is 6.27. The number of halogens is 4. The molecule has 2 aromatic carbocycles. The SMILES string of the molecule is C[C@@H](NC(=O)c1ccc(C(F)(F)F)cc1)c1nc2cc(Cl)ccc2c(=O)n1C. The molecule has 3 aromatic rings. The van der Waals surface area contributed by atoms with Gasteiger partial charge in [-0.25, -0.2) is 4.98 Å². The number of amides is 1. The standard InChI is InChI=1S/C19H15ClF3N3O2/c1-10(24-17(27)11-3-5-12(6-4-11)19(21,22)23)16-25-15-9-13(20)7-8-14(15)18(28)26(16)2/h3-10H,1-2H3,(H,24,27)/t10-/m1/s1. The molecular formula is C19H15ClF3N3O2. The molecule has 1 N–H and O–H groups in total. The highest BCUT2D eigenvalue weighted by Crippen LogP contribution is 2.29. The van der Waals surface area contributed by atoms with Crippen molar-refractivity contribution in [3.63, 3.8) is 0 Å². The third-order valence-electron chi connectivity index (χ3n) is 4.28. The number of alkyl halides is 3. The van der Waals surface area contributed by atoms with Gasteiger partial charge < -0.3 is 5.32 Å². The molecule has 0 aliphatic rings. The van der Waals surface area contributed by atoms with E-state index in [4.69, 9.17) is 11.6 Å². The minimum atomic E-state index is -4.48. The molecule has 0 fully saturated rings. The van der Waals surface area contributed by atoms with Crippen molar-refractivity contribution in [2.45, 2.75) is 19.1 Å². The van der Waals surface area contributed by atoms with E-state index in [0.717, 1.165) is 24.3 Å². The van der Waals surface area contributed by atoms with Crippen LogP contribution in [0.2, 0.25) is 5.02 Å². The lowest BCUT2D eigenvalue weighted by molar-refractivity contribution is -0.137. The van der Waals surface area contributed by atoms with Crippen LogP contribution in [0, 0.1) is 0 Å². The molecule has 28 heavy (non-hydrogen) atoms. The van der Waals surface area contributed by atoms with Gasteiger partial charge >= 0.3 is 6.18 Å². The first-order valence-corrected chi connectivity index (χ1v) is 8.60. The minimum Gasteiger partial charge on any atom is -0.342 e. The maximum atomic E-state index is 12.6. The Morgan fingerprint density at radius 2 is 1.82 bits per heavy atom. The molecule has 9 heteroatoms. The fourth-order valence-corrected chi connectivity index (χ4v) is 2.97. The lowest BCUT2D eigenvalue weighted by Gasteiger charge is -2.17. The molecule has 146 valence electrons. The average Bonchev–Trinajstić information content (AvgIpc) is 2.63. The van der Waals surface area contributed by atoms with Gasteiger partial charge in [-0.3, -0.25) is 14.2 Å². The first-order chi connectivity index (χ1) is 13.1.